The lowest BCUT2D eigenvalue weighted by molar-refractivity contribution is 0.108. The van der Waals surface area contributed by atoms with Gasteiger partial charge in [0, 0.05) is 39.6 Å². The summed E-state index contributed by atoms with van der Waals surface area (Å²) in [4.78, 5) is 16.2. The van der Waals surface area contributed by atoms with Gasteiger partial charge in [-0.3, -0.25) is 14.1 Å². The Hall–Kier alpha value is -3.42. The van der Waals surface area contributed by atoms with Gasteiger partial charge in [-0.2, -0.15) is 0 Å². The number of nitrogens with zero attached hydrogens (tertiary/aromatic N) is 3. The summed E-state index contributed by atoms with van der Waals surface area (Å²) in [6.07, 6.45) is 2.83. The molecule has 2 aromatic heterocycles. The summed E-state index contributed by atoms with van der Waals surface area (Å²) >= 11 is 0. The molecule has 2 heterocycles. The van der Waals surface area contributed by atoms with E-state index in [1.807, 2.05) is 60.8 Å². The fourth-order valence-corrected chi connectivity index (χ4v) is 3.56. The summed E-state index contributed by atoms with van der Waals surface area (Å²) in [7, 11) is 3.46. The van der Waals surface area contributed by atoms with Crippen LogP contribution in [0.15, 0.2) is 71.8 Å². The van der Waals surface area contributed by atoms with E-state index in [0.29, 0.717) is 11.3 Å². The molecule has 2 N–H and O–H groups in total. The summed E-state index contributed by atoms with van der Waals surface area (Å²) in [6, 6.07) is 17.3. The zero-order chi connectivity index (χ0) is 21.8. The molecule has 4 rings (SSSR count). The van der Waals surface area contributed by atoms with E-state index in [-0.39, 0.29) is 12.3 Å². The van der Waals surface area contributed by atoms with Gasteiger partial charge in [-0.15, -0.1) is 0 Å². The van der Waals surface area contributed by atoms with Crippen molar-refractivity contribution in [1.82, 2.24) is 19.4 Å². The summed E-state index contributed by atoms with van der Waals surface area (Å²) in [5.74, 6) is 0.697. The highest BCUT2D eigenvalue weighted by atomic mass is 16.5. The summed E-state index contributed by atoms with van der Waals surface area (Å²) in [6.45, 7) is 1.63. The van der Waals surface area contributed by atoms with E-state index in [4.69, 9.17) is 4.74 Å². The second kappa shape index (κ2) is 9.16. The predicted molar refractivity (Wildman–Crippen MR) is 120 cm³/mol. The molecule has 0 spiro atoms. The number of aliphatic hydroxyl groups excluding tert-OH is 1. The molecule has 0 radical (unpaired) electrons. The van der Waals surface area contributed by atoms with Crippen LogP contribution in [0.4, 0.5) is 0 Å². The van der Waals surface area contributed by atoms with E-state index in [9.17, 15) is 9.90 Å². The molecule has 0 aliphatic heterocycles. The largest absolute Gasteiger partial charge is 0.491 e. The van der Waals surface area contributed by atoms with Crippen molar-refractivity contribution in [2.75, 3.05) is 6.61 Å². The minimum absolute atomic E-state index is 0.0899. The quantitative estimate of drug-likeness (QED) is 0.460. The van der Waals surface area contributed by atoms with E-state index < -0.39 is 6.10 Å². The number of pyridine rings is 1. The van der Waals surface area contributed by atoms with Gasteiger partial charge in [0.05, 0.1) is 11.0 Å². The molecule has 160 valence electrons. The van der Waals surface area contributed by atoms with Crippen LogP contribution in [0, 0.1) is 0 Å². The highest BCUT2D eigenvalue weighted by Crippen LogP contribution is 2.21. The second-order valence-electron chi connectivity index (χ2n) is 7.58. The predicted octanol–water partition coefficient (Wildman–Crippen LogP) is 2.67. The number of nitrogens with one attached hydrogen (secondary N) is 1. The Morgan fingerprint density at radius 2 is 1.74 bits per heavy atom. The van der Waals surface area contributed by atoms with Crippen LogP contribution in [0.2, 0.25) is 0 Å². The number of imidazole rings is 1. The first kappa shape index (κ1) is 20.8. The summed E-state index contributed by atoms with van der Waals surface area (Å²) in [5.41, 5.74) is 4.53. The Labute approximate surface area is 180 Å². The van der Waals surface area contributed by atoms with Crippen molar-refractivity contribution in [2.45, 2.75) is 19.2 Å². The number of hydrogen-bond acceptors (Lipinski definition) is 5. The summed E-state index contributed by atoms with van der Waals surface area (Å²) < 4.78 is 8.94. The number of aryl methyl sites for hydroxylation is 2. The van der Waals surface area contributed by atoms with Crippen molar-refractivity contribution in [3.8, 4) is 5.75 Å². The van der Waals surface area contributed by atoms with Gasteiger partial charge in [0.2, 0.25) is 0 Å². The number of benzene rings is 2. The molecule has 4 aromatic rings. The lowest BCUT2D eigenvalue weighted by atomic mass is 10.1. The average molecular weight is 418 g/mol. The van der Waals surface area contributed by atoms with Gasteiger partial charge in [0.1, 0.15) is 18.5 Å². The normalized spacial score (nSPS) is 12.2. The average Bonchev–Trinajstić information content (AvgIpc) is 3.02. The molecular formula is C24H26N4O3. The maximum absolute atomic E-state index is 12.1. The molecule has 0 aliphatic rings. The number of hydrogen-bond donors (Lipinski definition) is 2. The van der Waals surface area contributed by atoms with Gasteiger partial charge in [-0.05, 0) is 47.0 Å². The van der Waals surface area contributed by atoms with Crippen LogP contribution in [-0.2, 0) is 27.2 Å². The Kier molecular flexibility index (Phi) is 6.16. The Bertz CT molecular complexity index is 1210. The van der Waals surface area contributed by atoms with Crippen LogP contribution in [0.3, 0.4) is 0 Å². The van der Waals surface area contributed by atoms with Crippen LogP contribution in [-0.4, -0.2) is 25.8 Å². The third-order valence-electron chi connectivity index (χ3n) is 5.39. The Morgan fingerprint density at radius 1 is 1.00 bits per heavy atom. The molecular weight excluding hydrogens is 392 g/mol. The molecule has 0 saturated carbocycles. The minimum atomic E-state index is -0.791. The van der Waals surface area contributed by atoms with E-state index in [1.54, 1.807) is 29.4 Å². The zero-order valence-corrected chi connectivity index (χ0v) is 17.7. The molecule has 31 heavy (non-hydrogen) atoms. The highest BCUT2D eigenvalue weighted by molar-refractivity contribution is 5.76. The molecule has 7 nitrogen and oxygen atoms in total. The fraction of sp³-hybridized carbons (Fsp3) is 0.250. The van der Waals surface area contributed by atoms with Gasteiger partial charge in [0.25, 0.3) is 0 Å². The monoisotopic (exact) mass is 418 g/mol. The molecule has 7 heteroatoms. The van der Waals surface area contributed by atoms with Crippen LogP contribution in [0.5, 0.6) is 5.75 Å². The van der Waals surface area contributed by atoms with Gasteiger partial charge >= 0.3 is 5.69 Å². The van der Waals surface area contributed by atoms with Crippen molar-refractivity contribution in [3.05, 3.63) is 94.2 Å². The van der Waals surface area contributed by atoms with Crippen LogP contribution in [0.25, 0.3) is 11.0 Å². The number of fused-ring (bicyclic) bond motifs is 1. The fourth-order valence-electron chi connectivity index (χ4n) is 3.56. The lowest BCUT2D eigenvalue weighted by Crippen LogP contribution is -2.19. The van der Waals surface area contributed by atoms with Gasteiger partial charge in [-0.1, -0.05) is 24.3 Å². The molecule has 0 aliphatic carbocycles. The van der Waals surface area contributed by atoms with Gasteiger partial charge < -0.3 is 15.2 Å². The molecule has 0 bridgehead atoms. The van der Waals surface area contributed by atoms with Gasteiger partial charge in [0.15, 0.2) is 0 Å². The van der Waals surface area contributed by atoms with E-state index in [0.717, 1.165) is 35.2 Å². The van der Waals surface area contributed by atoms with E-state index >= 15 is 0 Å². The van der Waals surface area contributed by atoms with E-state index in [2.05, 4.69) is 10.3 Å². The molecule has 0 amide bonds. The second-order valence-corrected chi connectivity index (χ2v) is 7.58. The van der Waals surface area contributed by atoms with Crippen LogP contribution >= 0.6 is 0 Å². The first-order valence-corrected chi connectivity index (χ1v) is 10.2. The molecule has 1 unspecified atom stereocenters. The third kappa shape index (κ3) is 4.68. The smallest absolute Gasteiger partial charge is 0.328 e. The van der Waals surface area contributed by atoms with Crippen molar-refractivity contribution in [1.29, 1.82) is 0 Å². The SMILES string of the molecule is Cn1c(=O)n(C)c2cc(C(O)COc3ccc(CNCc4cccnc4)cc3)ccc21. The molecule has 2 aromatic carbocycles. The van der Waals surface area contributed by atoms with E-state index in [1.165, 1.54) is 0 Å². The topological polar surface area (TPSA) is 81.3 Å². The maximum Gasteiger partial charge on any atom is 0.328 e. The molecule has 0 saturated heterocycles. The van der Waals surface area contributed by atoms with Crippen molar-refractivity contribution >= 4 is 11.0 Å². The third-order valence-corrected chi connectivity index (χ3v) is 5.39. The van der Waals surface area contributed by atoms with Gasteiger partial charge in [-0.25, -0.2) is 4.79 Å². The minimum Gasteiger partial charge on any atom is -0.491 e. The van der Waals surface area contributed by atoms with Crippen molar-refractivity contribution < 1.29 is 9.84 Å². The molecule has 1 atom stereocenters. The van der Waals surface area contributed by atoms with Crippen molar-refractivity contribution in [3.63, 3.8) is 0 Å². The summed E-state index contributed by atoms with van der Waals surface area (Å²) in [5, 5.41) is 13.9. The number of rotatable bonds is 8. The lowest BCUT2D eigenvalue weighted by Gasteiger charge is -2.14. The van der Waals surface area contributed by atoms with Crippen LogP contribution in [0.1, 0.15) is 22.8 Å². The number of aliphatic hydroxyl groups is 1. The number of ether oxygens (including phenoxy) is 1. The molecule has 0 fully saturated rings. The van der Waals surface area contributed by atoms with Crippen molar-refractivity contribution in [2.24, 2.45) is 14.1 Å². The zero-order valence-electron chi connectivity index (χ0n) is 17.7. The Morgan fingerprint density at radius 3 is 2.48 bits per heavy atom. The first-order valence-electron chi connectivity index (χ1n) is 10.2. The van der Waals surface area contributed by atoms with Crippen LogP contribution < -0.4 is 15.7 Å². The maximum atomic E-state index is 12.1. The highest BCUT2D eigenvalue weighted by Gasteiger charge is 2.13. The Balaban J connectivity index is 1.32. The first-order chi connectivity index (χ1) is 15.0. The standard InChI is InChI=1S/C24H26N4O3/c1-27-21-10-7-19(12-22(21)28(2)24(27)30)23(29)16-31-20-8-5-17(6-9-20)13-26-15-18-4-3-11-25-14-18/h3-12,14,23,26,29H,13,15-16H2,1-2H3. The number of aromatic nitrogens is 3.